The fourth-order valence-electron chi connectivity index (χ4n) is 13.6. The monoisotopic (exact) mass is 1030 g/mol. The highest BCUT2D eigenvalue weighted by molar-refractivity contribution is 6.27. The lowest BCUT2D eigenvalue weighted by Gasteiger charge is -2.19. The van der Waals surface area contributed by atoms with Gasteiger partial charge < -0.3 is 13.5 Å². The third kappa shape index (κ3) is 7.01. The van der Waals surface area contributed by atoms with Gasteiger partial charge in [0.25, 0.3) is 0 Å². The smallest absolute Gasteiger partial charge is 0.0620 e. The van der Waals surface area contributed by atoms with E-state index in [1.165, 1.54) is 165 Å². The van der Waals surface area contributed by atoms with E-state index in [-0.39, 0.29) is 5.41 Å². The first-order valence-corrected chi connectivity index (χ1v) is 28.3. The molecule has 0 radical (unpaired) electrons. The van der Waals surface area contributed by atoms with Crippen LogP contribution in [0.2, 0.25) is 0 Å². The van der Waals surface area contributed by atoms with Crippen LogP contribution in [0.4, 0.5) is 0 Å². The molecule has 4 aromatic heterocycles. The number of nitrogens with zero attached hydrogens (tertiary/aromatic N) is 3. The van der Waals surface area contributed by atoms with Crippen LogP contribution in [0, 0.1) is 0 Å². The molecule has 380 valence electrons. The Bertz CT molecular complexity index is 5400. The fraction of sp³-hybridized carbons (Fsp3) is 0.0513. The van der Waals surface area contributed by atoms with Crippen molar-refractivity contribution in [2.24, 2.45) is 0 Å². The second kappa shape index (κ2) is 17.1. The molecular formula is C78H53N3. The lowest BCUT2D eigenvalue weighted by Crippen LogP contribution is -2.10. The summed E-state index contributed by atoms with van der Waals surface area (Å²) in [4.78, 5) is 0. The average Bonchev–Trinajstić information content (AvgIpc) is 3.45. The standard InChI is InChI=1S/C78H53N3/c1-78(2,3)60-34-30-50(31-35-60)59-44-69-67-42-55-28-26-51(48-22-24-49(25-23-48)53-32-36-73-65(40-53)63-18-10-12-20-71(63)79(73)61-14-6-4-7-15-61)38-57(55)46-75(67)81-76-47-58-39-52(27-29-56(58)43-68(76)70(45-59)77(69)81)54-33-37-74-66(41-54)64-19-11-13-21-72(64)80(74)62-16-8-5-9-17-62/h4-47H,1-3H3. The second-order valence-electron chi connectivity index (χ2n) is 23.4. The van der Waals surface area contributed by atoms with Gasteiger partial charge in [-0.05, 0) is 186 Å². The van der Waals surface area contributed by atoms with E-state index in [0.717, 1.165) is 0 Å². The highest BCUT2D eigenvalue weighted by atomic mass is 15.0. The van der Waals surface area contributed by atoms with Crippen LogP contribution in [0.15, 0.2) is 267 Å². The Morgan fingerprint density at radius 2 is 0.593 bits per heavy atom. The Kier molecular flexibility index (Phi) is 9.68. The third-order valence-corrected chi connectivity index (χ3v) is 17.6. The highest BCUT2D eigenvalue weighted by Gasteiger charge is 2.22. The van der Waals surface area contributed by atoms with E-state index >= 15 is 0 Å². The molecule has 0 saturated heterocycles. The minimum Gasteiger partial charge on any atom is -0.309 e. The Hall–Kier alpha value is -10.2. The normalized spacial score (nSPS) is 12.4. The molecule has 0 aliphatic rings. The summed E-state index contributed by atoms with van der Waals surface area (Å²) in [5.74, 6) is 0. The Labute approximate surface area is 468 Å². The zero-order valence-corrected chi connectivity index (χ0v) is 45.2. The first kappa shape index (κ1) is 45.8. The van der Waals surface area contributed by atoms with Crippen molar-refractivity contribution >= 4 is 103 Å². The summed E-state index contributed by atoms with van der Waals surface area (Å²) in [6.45, 7) is 6.86. The zero-order chi connectivity index (χ0) is 53.7. The van der Waals surface area contributed by atoms with Crippen molar-refractivity contribution in [1.29, 1.82) is 0 Å². The van der Waals surface area contributed by atoms with Gasteiger partial charge in [-0.2, -0.15) is 0 Å². The van der Waals surface area contributed by atoms with Gasteiger partial charge in [0.1, 0.15) is 0 Å². The zero-order valence-electron chi connectivity index (χ0n) is 45.2. The largest absolute Gasteiger partial charge is 0.309 e. The third-order valence-electron chi connectivity index (χ3n) is 17.6. The molecule has 3 nitrogen and oxygen atoms in total. The van der Waals surface area contributed by atoms with Crippen molar-refractivity contribution in [1.82, 2.24) is 13.5 Å². The van der Waals surface area contributed by atoms with E-state index in [0.29, 0.717) is 0 Å². The lowest BCUT2D eigenvalue weighted by molar-refractivity contribution is 0.590. The maximum atomic E-state index is 2.56. The number of hydrogen-bond acceptors (Lipinski definition) is 0. The van der Waals surface area contributed by atoms with Gasteiger partial charge in [-0.25, -0.2) is 0 Å². The molecule has 0 unspecified atom stereocenters. The van der Waals surface area contributed by atoms with Crippen molar-refractivity contribution in [3.8, 4) is 55.9 Å². The molecular weight excluding hydrogens is 979 g/mol. The van der Waals surface area contributed by atoms with E-state index in [9.17, 15) is 0 Å². The Morgan fingerprint density at radius 1 is 0.235 bits per heavy atom. The molecule has 13 aromatic carbocycles. The molecule has 0 N–H and O–H groups in total. The molecule has 0 atom stereocenters. The van der Waals surface area contributed by atoms with Gasteiger partial charge in [0.2, 0.25) is 0 Å². The summed E-state index contributed by atoms with van der Waals surface area (Å²) < 4.78 is 7.33. The van der Waals surface area contributed by atoms with Crippen molar-refractivity contribution in [3.63, 3.8) is 0 Å². The van der Waals surface area contributed by atoms with Gasteiger partial charge in [0.15, 0.2) is 0 Å². The van der Waals surface area contributed by atoms with Crippen LogP contribution in [0.25, 0.3) is 159 Å². The summed E-state index contributed by atoms with van der Waals surface area (Å²) in [5, 5.41) is 15.1. The molecule has 17 aromatic rings. The van der Waals surface area contributed by atoms with Gasteiger partial charge in [-0.1, -0.05) is 178 Å². The minimum absolute atomic E-state index is 0.0760. The quantitative estimate of drug-likeness (QED) is 0.158. The van der Waals surface area contributed by atoms with Gasteiger partial charge in [0, 0.05) is 54.5 Å². The van der Waals surface area contributed by atoms with Crippen LogP contribution in [0.3, 0.4) is 0 Å². The number of para-hydroxylation sites is 4. The van der Waals surface area contributed by atoms with E-state index in [1.807, 2.05) is 0 Å². The summed E-state index contributed by atoms with van der Waals surface area (Å²) in [5.41, 5.74) is 22.1. The van der Waals surface area contributed by atoms with Crippen LogP contribution >= 0.6 is 0 Å². The maximum absolute atomic E-state index is 2.56. The van der Waals surface area contributed by atoms with Crippen molar-refractivity contribution in [2.75, 3.05) is 0 Å². The summed E-state index contributed by atoms with van der Waals surface area (Å²) in [7, 11) is 0. The predicted octanol–water partition coefficient (Wildman–Crippen LogP) is 21.3. The number of benzene rings is 13. The number of hydrogen-bond donors (Lipinski definition) is 0. The number of rotatable bonds is 6. The van der Waals surface area contributed by atoms with E-state index in [1.54, 1.807) is 0 Å². The van der Waals surface area contributed by atoms with Crippen molar-refractivity contribution in [3.05, 3.63) is 272 Å². The maximum Gasteiger partial charge on any atom is 0.0620 e. The van der Waals surface area contributed by atoms with Crippen molar-refractivity contribution in [2.45, 2.75) is 26.2 Å². The molecule has 17 rings (SSSR count). The van der Waals surface area contributed by atoms with Gasteiger partial charge in [-0.3, -0.25) is 0 Å². The van der Waals surface area contributed by atoms with E-state index < -0.39 is 0 Å². The Balaban J connectivity index is 0.800. The summed E-state index contributed by atoms with van der Waals surface area (Å²) >= 11 is 0. The first-order valence-electron chi connectivity index (χ1n) is 28.3. The van der Waals surface area contributed by atoms with Gasteiger partial charge in [-0.15, -0.1) is 0 Å². The van der Waals surface area contributed by atoms with Crippen molar-refractivity contribution < 1.29 is 0 Å². The minimum atomic E-state index is 0.0760. The van der Waals surface area contributed by atoms with Crippen LogP contribution in [-0.2, 0) is 5.41 Å². The van der Waals surface area contributed by atoms with Gasteiger partial charge in [0.05, 0.1) is 38.6 Å². The lowest BCUT2D eigenvalue weighted by atomic mass is 9.86. The number of fused-ring (bicyclic) bond motifs is 14. The second-order valence-corrected chi connectivity index (χ2v) is 23.4. The average molecular weight is 1030 g/mol. The molecule has 0 aliphatic heterocycles. The van der Waals surface area contributed by atoms with Gasteiger partial charge >= 0.3 is 0 Å². The molecule has 0 aliphatic carbocycles. The predicted molar refractivity (Wildman–Crippen MR) is 345 cm³/mol. The molecule has 0 saturated carbocycles. The molecule has 81 heavy (non-hydrogen) atoms. The molecule has 0 amide bonds. The van der Waals surface area contributed by atoms with Crippen LogP contribution in [-0.4, -0.2) is 13.5 Å². The molecule has 3 heteroatoms. The van der Waals surface area contributed by atoms with Crippen LogP contribution < -0.4 is 0 Å². The highest BCUT2D eigenvalue weighted by Crippen LogP contribution is 2.46. The molecule has 4 heterocycles. The Morgan fingerprint density at radius 3 is 1.09 bits per heavy atom. The van der Waals surface area contributed by atoms with E-state index in [2.05, 4.69) is 301 Å². The molecule has 0 spiro atoms. The van der Waals surface area contributed by atoms with Crippen LogP contribution in [0.1, 0.15) is 26.3 Å². The molecule has 0 fully saturated rings. The van der Waals surface area contributed by atoms with Crippen LogP contribution in [0.5, 0.6) is 0 Å². The topological polar surface area (TPSA) is 14.3 Å². The molecule has 0 bridgehead atoms. The number of aromatic nitrogens is 3. The SMILES string of the molecule is CC(C)(C)c1ccc(-c2cc3c4cc5ccc(-c6ccc(-c7ccc8c(c7)c7ccccc7n8-c7ccccc7)cc6)cc5cc4n4c5cc6cc(-c7ccc8c(c7)c7ccccc7n8-c7ccccc7)ccc6cc5c(c2)c34)cc1. The summed E-state index contributed by atoms with van der Waals surface area (Å²) in [6.07, 6.45) is 0. The fourth-order valence-corrected chi connectivity index (χ4v) is 13.6. The van der Waals surface area contributed by atoms with E-state index in [4.69, 9.17) is 0 Å². The first-order chi connectivity index (χ1) is 39.8. The summed E-state index contributed by atoms with van der Waals surface area (Å²) in [6, 6.07) is 99.9.